The molecule has 0 aliphatic carbocycles. The second kappa shape index (κ2) is 9.41. The van der Waals surface area contributed by atoms with Gasteiger partial charge in [0.05, 0.1) is 40.7 Å². The molecule has 0 unspecified atom stereocenters. The summed E-state index contributed by atoms with van der Waals surface area (Å²) in [5.74, 6) is 2.43. The minimum atomic E-state index is -0.141. The lowest BCUT2D eigenvalue weighted by atomic mass is 10.2. The normalized spacial score (nSPS) is 10.0. The van der Waals surface area contributed by atoms with E-state index in [1.54, 1.807) is 52.7 Å². The Balaban J connectivity index is 1.90. The number of ether oxygens (including phenoxy) is 4. The second-order valence-electron chi connectivity index (χ2n) is 5.39. The lowest BCUT2D eigenvalue weighted by Gasteiger charge is -2.13. The summed E-state index contributed by atoms with van der Waals surface area (Å²) in [6.07, 6.45) is 0. The van der Waals surface area contributed by atoms with Gasteiger partial charge in [-0.3, -0.25) is 4.79 Å². The smallest absolute Gasteiger partial charge is 0.239 e. The fourth-order valence-corrected chi connectivity index (χ4v) is 2.37. The molecule has 1 amide bonds. The van der Waals surface area contributed by atoms with Crippen molar-refractivity contribution in [2.75, 3.05) is 40.3 Å². The van der Waals surface area contributed by atoms with Gasteiger partial charge in [-0.25, -0.2) is 0 Å². The van der Waals surface area contributed by atoms with Crippen molar-refractivity contribution in [2.45, 2.75) is 6.54 Å². The van der Waals surface area contributed by atoms with E-state index < -0.39 is 0 Å². The van der Waals surface area contributed by atoms with Crippen LogP contribution in [0.15, 0.2) is 36.4 Å². The molecule has 0 bridgehead atoms. The van der Waals surface area contributed by atoms with Gasteiger partial charge in [-0.15, -0.1) is 0 Å². The van der Waals surface area contributed by atoms with Crippen molar-refractivity contribution in [3.63, 3.8) is 0 Å². The highest BCUT2D eigenvalue weighted by atomic mass is 16.5. The molecule has 7 heteroatoms. The monoisotopic (exact) mass is 360 g/mol. The zero-order valence-electron chi connectivity index (χ0n) is 15.4. The summed E-state index contributed by atoms with van der Waals surface area (Å²) in [5, 5.41) is 5.91. The average Bonchev–Trinajstić information content (AvgIpc) is 2.70. The van der Waals surface area contributed by atoms with E-state index >= 15 is 0 Å². The SMILES string of the molecule is COc1ccc(NCC(=O)NCc2ccc(OC)c(OC)c2)c(OC)c1. The molecule has 0 aliphatic rings. The van der Waals surface area contributed by atoms with Crippen LogP contribution in [0.4, 0.5) is 5.69 Å². The molecule has 0 radical (unpaired) electrons. The highest BCUT2D eigenvalue weighted by Gasteiger charge is 2.08. The summed E-state index contributed by atoms with van der Waals surface area (Å²) < 4.78 is 20.9. The molecular weight excluding hydrogens is 336 g/mol. The zero-order valence-corrected chi connectivity index (χ0v) is 15.4. The van der Waals surface area contributed by atoms with Crippen LogP contribution in [0.2, 0.25) is 0 Å². The Labute approximate surface area is 153 Å². The summed E-state index contributed by atoms with van der Waals surface area (Å²) >= 11 is 0. The first-order valence-corrected chi connectivity index (χ1v) is 8.04. The molecule has 0 atom stereocenters. The molecule has 26 heavy (non-hydrogen) atoms. The maximum absolute atomic E-state index is 12.1. The van der Waals surface area contributed by atoms with Crippen molar-refractivity contribution in [3.8, 4) is 23.0 Å². The van der Waals surface area contributed by atoms with Crippen LogP contribution in [0.3, 0.4) is 0 Å². The number of anilines is 1. The summed E-state index contributed by atoms with van der Waals surface area (Å²) in [6, 6.07) is 10.9. The third kappa shape index (κ3) is 4.95. The largest absolute Gasteiger partial charge is 0.497 e. The summed E-state index contributed by atoms with van der Waals surface area (Å²) in [6.45, 7) is 0.511. The lowest BCUT2D eigenvalue weighted by molar-refractivity contribution is -0.119. The maximum Gasteiger partial charge on any atom is 0.239 e. The molecule has 0 saturated heterocycles. The van der Waals surface area contributed by atoms with Crippen molar-refractivity contribution in [1.29, 1.82) is 0 Å². The summed E-state index contributed by atoms with van der Waals surface area (Å²) in [5.41, 5.74) is 1.63. The standard InChI is InChI=1S/C19H24N2O5/c1-23-14-6-7-15(17(10-14)25-3)20-12-19(22)21-11-13-5-8-16(24-2)18(9-13)26-4/h5-10,20H,11-12H2,1-4H3,(H,21,22). The first-order valence-electron chi connectivity index (χ1n) is 8.04. The van der Waals surface area contributed by atoms with Crippen molar-refractivity contribution in [3.05, 3.63) is 42.0 Å². The van der Waals surface area contributed by atoms with E-state index in [2.05, 4.69) is 10.6 Å². The molecular formula is C19H24N2O5. The molecule has 2 aromatic carbocycles. The topological polar surface area (TPSA) is 78.1 Å². The molecule has 0 heterocycles. The Morgan fingerprint density at radius 2 is 1.58 bits per heavy atom. The second-order valence-corrected chi connectivity index (χ2v) is 5.39. The van der Waals surface area contributed by atoms with Gasteiger partial charge >= 0.3 is 0 Å². The molecule has 0 fully saturated rings. The van der Waals surface area contributed by atoms with Crippen molar-refractivity contribution in [1.82, 2.24) is 5.32 Å². The molecule has 140 valence electrons. The van der Waals surface area contributed by atoms with Crippen LogP contribution < -0.4 is 29.6 Å². The zero-order chi connectivity index (χ0) is 18.9. The Morgan fingerprint density at radius 1 is 0.846 bits per heavy atom. The highest BCUT2D eigenvalue weighted by molar-refractivity contribution is 5.81. The quantitative estimate of drug-likeness (QED) is 0.715. The first-order chi connectivity index (χ1) is 12.6. The van der Waals surface area contributed by atoms with Crippen molar-refractivity contribution in [2.24, 2.45) is 0 Å². The van der Waals surface area contributed by atoms with Crippen LogP contribution in [0.25, 0.3) is 0 Å². The van der Waals surface area contributed by atoms with Crippen LogP contribution in [-0.4, -0.2) is 40.9 Å². The van der Waals surface area contributed by atoms with E-state index in [-0.39, 0.29) is 12.5 Å². The van der Waals surface area contributed by atoms with E-state index in [9.17, 15) is 4.79 Å². The van der Waals surface area contributed by atoms with E-state index in [1.165, 1.54) is 0 Å². The number of methoxy groups -OCH3 is 4. The third-order valence-electron chi connectivity index (χ3n) is 3.79. The number of nitrogens with one attached hydrogen (secondary N) is 2. The van der Waals surface area contributed by atoms with Crippen LogP contribution >= 0.6 is 0 Å². The molecule has 0 saturated carbocycles. The Kier molecular flexibility index (Phi) is 6.96. The number of rotatable bonds is 9. The van der Waals surface area contributed by atoms with Crippen molar-refractivity contribution < 1.29 is 23.7 Å². The van der Waals surface area contributed by atoms with Crippen LogP contribution in [-0.2, 0) is 11.3 Å². The Bertz CT molecular complexity index is 749. The maximum atomic E-state index is 12.1. The number of amides is 1. The van der Waals surface area contributed by atoms with Crippen molar-refractivity contribution >= 4 is 11.6 Å². The molecule has 2 aromatic rings. The van der Waals surface area contributed by atoms with E-state index in [4.69, 9.17) is 18.9 Å². The van der Waals surface area contributed by atoms with Gasteiger partial charge in [-0.05, 0) is 29.8 Å². The van der Waals surface area contributed by atoms with Gasteiger partial charge in [-0.1, -0.05) is 6.07 Å². The summed E-state index contributed by atoms with van der Waals surface area (Å²) in [7, 11) is 6.31. The third-order valence-corrected chi connectivity index (χ3v) is 3.79. The average molecular weight is 360 g/mol. The van der Waals surface area contributed by atoms with E-state index in [0.717, 1.165) is 11.3 Å². The minimum absolute atomic E-state index is 0.121. The molecule has 7 nitrogen and oxygen atoms in total. The van der Waals surface area contributed by atoms with Gasteiger partial charge in [0.1, 0.15) is 11.5 Å². The van der Waals surface area contributed by atoms with Gasteiger partial charge in [-0.2, -0.15) is 0 Å². The predicted octanol–water partition coefficient (Wildman–Crippen LogP) is 2.45. The number of hydrogen-bond donors (Lipinski definition) is 2. The molecule has 0 aliphatic heterocycles. The Hall–Kier alpha value is -3.09. The molecule has 0 aromatic heterocycles. The van der Waals surface area contributed by atoms with Crippen LogP contribution in [0.5, 0.6) is 23.0 Å². The van der Waals surface area contributed by atoms with Gasteiger partial charge in [0.2, 0.25) is 5.91 Å². The summed E-state index contributed by atoms with van der Waals surface area (Å²) in [4.78, 5) is 12.1. The number of carbonyl (C=O) groups is 1. The number of carbonyl (C=O) groups excluding carboxylic acids is 1. The van der Waals surface area contributed by atoms with Gasteiger partial charge in [0.25, 0.3) is 0 Å². The predicted molar refractivity (Wildman–Crippen MR) is 99.4 cm³/mol. The van der Waals surface area contributed by atoms with Crippen LogP contribution in [0.1, 0.15) is 5.56 Å². The highest BCUT2D eigenvalue weighted by Crippen LogP contribution is 2.29. The number of hydrogen-bond acceptors (Lipinski definition) is 6. The van der Waals surface area contributed by atoms with Gasteiger partial charge in [0.15, 0.2) is 11.5 Å². The van der Waals surface area contributed by atoms with E-state index in [0.29, 0.717) is 29.5 Å². The van der Waals surface area contributed by atoms with Gasteiger partial charge < -0.3 is 29.6 Å². The number of benzene rings is 2. The fourth-order valence-electron chi connectivity index (χ4n) is 2.37. The van der Waals surface area contributed by atoms with E-state index in [1.807, 2.05) is 12.1 Å². The first kappa shape index (κ1) is 19.2. The molecule has 0 spiro atoms. The lowest BCUT2D eigenvalue weighted by Crippen LogP contribution is -2.29. The fraction of sp³-hybridized carbons (Fsp3) is 0.316. The molecule has 2 N–H and O–H groups in total. The molecule has 2 rings (SSSR count). The minimum Gasteiger partial charge on any atom is -0.497 e. The van der Waals surface area contributed by atoms with Gasteiger partial charge in [0, 0.05) is 12.6 Å². The Morgan fingerprint density at radius 3 is 2.23 bits per heavy atom. The van der Waals surface area contributed by atoms with Crippen LogP contribution in [0, 0.1) is 0 Å².